The molecule has 1 aliphatic carbocycles. The first kappa shape index (κ1) is 13.3. The van der Waals surface area contributed by atoms with Crippen LogP contribution in [-0.4, -0.2) is 22.9 Å². The second-order valence-corrected chi connectivity index (χ2v) is 7.97. The van der Waals surface area contributed by atoms with Gasteiger partial charge in [0, 0.05) is 12.1 Å². The van der Waals surface area contributed by atoms with E-state index in [1.807, 2.05) is 6.92 Å². The number of Topliss-reactive ketones (excluding diaryl/α,β-unsaturated/α-hetero) is 1. The van der Waals surface area contributed by atoms with Gasteiger partial charge in [-0.15, -0.1) is 0 Å². The Labute approximate surface area is 96.4 Å². The Balaban J connectivity index is 2.38. The lowest BCUT2D eigenvalue weighted by molar-refractivity contribution is -0.122. The lowest BCUT2D eigenvalue weighted by Gasteiger charge is -2.29. The summed E-state index contributed by atoms with van der Waals surface area (Å²) in [5.41, 5.74) is 0. The van der Waals surface area contributed by atoms with Crippen LogP contribution in [-0.2, 0) is 21.1 Å². The van der Waals surface area contributed by atoms with Crippen LogP contribution in [0.25, 0.3) is 0 Å². The van der Waals surface area contributed by atoms with Gasteiger partial charge in [0.1, 0.15) is 5.78 Å². The first-order valence-electron chi connectivity index (χ1n) is 5.45. The molecule has 1 unspecified atom stereocenters. The second-order valence-electron chi connectivity index (χ2n) is 4.14. The topological polar surface area (TPSA) is 46.5 Å². The third-order valence-corrected chi connectivity index (χ3v) is 5.42. The summed E-state index contributed by atoms with van der Waals surface area (Å²) in [6, 6.07) is 0. The Kier molecular flexibility index (Phi) is 4.91. The molecule has 0 bridgehead atoms. The van der Waals surface area contributed by atoms with Gasteiger partial charge >= 0.3 is 0 Å². The van der Waals surface area contributed by atoms with E-state index in [4.69, 9.17) is 16.3 Å². The van der Waals surface area contributed by atoms with Crippen molar-refractivity contribution in [1.29, 1.82) is 0 Å². The normalized spacial score (nSPS) is 30.9. The van der Waals surface area contributed by atoms with Crippen LogP contribution in [0.5, 0.6) is 0 Å². The quantitative estimate of drug-likeness (QED) is 0.779. The van der Waals surface area contributed by atoms with E-state index in [0.717, 1.165) is 25.7 Å². The van der Waals surface area contributed by atoms with E-state index < -0.39 is 6.49 Å². The van der Waals surface area contributed by atoms with E-state index in [0.29, 0.717) is 6.16 Å². The summed E-state index contributed by atoms with van der Waals surface area (Å²) >= 11 is 4.98. The SMILES string of the molecule is CCP(O)(=S)OC1CCC(C(C)=O)CC1. The van der Waals surface area contributed by atoms with Crippen molar-refractivity contribution in [2.45, 2.75) is 45.6 Å². The minimum atomic E-state index is -2.54. The summed E-state index contributed by atoms with van der Waals surface area (Å²) in [6.07, 6.45) is 4.04. The highest BCUT2D eigenvalue weighted by atomic mass is 32.5. The van der Waals surface area contributed by atoms with Gasteiger partial charge in [-0.25, -0.2) is 0 Å². The predicted molar refractivity (Wildman–Crippen MR) is 64.6 cm³/mol. The third kappa shape index (κ3) is 4.31. The monoisotopic (exact) mass is 250 g/mol. The van der Waals surface area contributed by atoms with Crippen LogP contribution in [0.1, 0.15) is 39.5 Å². The number of rotatable bonds is 4. The zero-order chi connectivity index (χ0) is 11.5. The average Bonchev–Trinajstić information content (AvgIpc) is 2.18. The minimum absolute atomic E-state index is 0.0661. The van der Waals surface area contributed by atoms with Gasteiger partial charge in [-0.05, 0) is 44.4 Å². The zero-order valence-electron chi connectivity index (χ0n) is 9.31. The molecule has 1 aliphatic rings. The molecule has 0 spiro atoms. The minimum Gasteiger partial charge on any atom is -0.345 e. The van der Waals surface area contributed by atoms with Crippen LogP contribution >= 0.6 is 6.49 Å². The van der Waals surface area contributed by atoms with Crippen molar-refractivity contribution in [3.63, 3.8) is 0 Å². The highest BCUT2D eigenvalue weighted by Gasteiger charge is 2.27. The Bertz CT molecular complexity index is 272. The number of hydrogen-bond donors (Lipinski definition) is 1. The summed E-state index contributed by atoms with van der Waals surface area (Å²) in [7, 11) is 0. The van der Waals surface area contributed by atoms with Gasteiger partial charge in [0.2, 0.25) is 0 Å². The molecule has 1 fully saturated rings. The summed E-state index contributed by atoms with van der Waals surface area (Å²) in [6.45, 7) is 0.959. The van der Waals surface area contributed by atoms with Crippen molar-refractivity contribution in [3.05, 3.63) is 0 Å². The Morgan fingerprint density at radius 2 is 2.00 bits per heavy atom. The van der Waals surface area contributed by atoms with Gasteiger partial charge in [0.05, 0.1) is 6.10 Å². The van der Waals surface area contributed by atoms with Crippen molar-refractivity contribution < 1.29 is 14.2 Å². The number of carbonyl (C=O) groups excluding carboxylic acids is 1. The highest BCUT2D eigenvalue weighted by Crippen LogP contribution is 2.45. The van der Waals surface area contributed by atoms with Crippen LogP contribution in [0.3, 0.4) is 0 Å². The van der Waals surface area contributed by atoms with Crippen molar-refractivity contribution >= 4 is 24.1 Å². The molecule has 0 amide bonds. The van der Waals surface area contributed by atoms with E-state index >= 15 is 0 Å². The largest absolute Gasteiger partial charge is 0.345 e. The van der Waals surface area contributed by atoms with E-state index in [2.05, 4.69) is 0 Å². The molecule has 0 aromatic rings. The summed E-state index contributed by atoms with van der Waals surface area (Å²) < 4.78 is 5.53. The zero-order valence-corrected chi connectivity index (χ0v) is 11.0. The molecule has 0 aromatic carbocycles. The molecule has 0 radical (unpaired) electrons. The number of hydrogen-bond acceptors (Lipinski definition) is 3. The molecule has 1 saturated carbocycles. The first-order valence-corrected chi connectivity index (χ1v) is 8.31. The maximum Gasteiger partial charge on any atom is 0.186 e. The molecular weight excluding hydrogens is 231 g/mol. The molecule has 1 atom stereocenters. The van der Waals surface area contributed by atoms with E-state index in [9.17, 15) is 9.69 Å². The molecule has 0 aromatic heterocycles. The second kappa shape index (κ2) is 5.53. The molecule has 88 valence electrons. The lowest BCUT2D eigenvalue weighted by Crippen LogP contribution is -2.24. The van der Waals surface area contributed by atoms with E-state index in [1.165, 1.54) is 0 Å². The fourth-order valence-electron chi connectivity index (χ4n) is 1.88. The lowest BCUT2D eigenvalue weighted by atomic mass is 9.85. The molecule has 0 aliphatic heterocycles. The van der Waals surface area contributed by atoms with Crippen molar-refractivity contribution in [1.82, 2.24) is 0 Å². The molecule has 0 saturated heterocycles. The van der Waals surface area contributed by atoms with Gasteiger partial charge in [-0.3, -0.25) is 4.79 Å². The molecule has 3 nitrogen and oxygen atoms in total. The van der Waals surface area contributed by atoms with Gasteiger partial charge in [-0.2, -0.15) is 0 Å². The van der Waals surface area contributed by atoms with Crippen LogP contribution < -0.4 is 0 Å². The fourth-order valence-corrected chi connectivity index (χ4v) is 3.07. The summed E-state index contributed by atoms with van der Waals surface area (Å²) in [5.74, 6) is 0.468. The van der Waals surface area contributed by atoms with Gasteiger partial charge in [0.25, 0.3) is 0 Å². The number of carbonyl (C=O) groups is 1. The molecule has 1 N–H and O–H groups in total. The van der Waals surface area contributed by atoms with E-state index in [-0.39, 0.29) is 17.8 Å². The average molecular weight is 250 g/mol. The van der Waals surface area contributed by atoms with Crippen molar-refractivity contribution in [3.8, 4) is 0 Å². The summed E-state index contributed by atoms with van der Waals surface area (Å²) in [4.78, 5) is 20.8. The molecule has 0 heterocycles. The fraction of sp³-hybridized carbons (Fsp3) is 0.900. The van der Waals surface area contributed by atoms with Crippen LogP contribution in [0.2, 0.25) is 0 Å². The van der Waals surface area contributed by atoms with Gasteiger partial charge < -0.3 is 9.42 Å². The van der Waals surface area contributed by atoms with Crippen LogP contribution in [0, 0.1) is 5.92 Å². The Hall–Kier alpha value is 0.240. The molecule has 15 heavy (non-hydrogen) atoms. The first-order chi connectivity index (χ1) is 6.94. The van der Waals surface area contributed by atoms with Crippen molar-refractivity contribution in [2.75, 3.05) is 6.16 Å². The molecule has 5 heteroatoms. The molecule has 1 rings (SSSR count). The third-order valence-electron chi connectivity index (χ3n) is 2.96. The van der Waals surface area contributed by atoms with Crippen LogP contribution in [0.15, 0.2) is 0 Å². The number of ketones is 1. The standard InChI is InChI=1S/C10H19O3PS/c1-3-14(12,15)13-10-6-4-9(5-7-10)8(2)11/h9-10H,3-7H2,1-2H3,(H,12,15). The maximum absolute atomic E-state index is 11.1. The van der Waals surface area contributed by atoms with Gasteiger partial charge in [0.15, 0.2) is 6.49 Å². The Morgan fingerprint density at radius 3 is 2.40 bits per heavy atom. The van der Waals surface area contributed by atoms with Gasteiger partial charge in [-0.1, -0.05) is 6.92 Å². The van der Waals surface area contributed by atoms with Crippen LogP contribution in [0.4, 0.5) is 0 Å². The molecular formula is C10H19O3PS. The highest BCUT2D eigenvalue weighted by molar-refractivity contribution is 8.09. The summed E-state index contributed by atoms with van der Waals surface area (Å²) in [5, 5.41) is 0. The van der Waals surface area contributed by atoms with E-state index in [1.54, 1.807) is 6.92 Å². The Morgan fingerprint density at radius 1 is 1.47 bits per heavy atom. The maximum atomic E-state index is 11.1. The predicted octanol–water partition coefficient (Wildman–Crippen LogP) is 2.47. The smallest absolute Gasteiger partial charge is 0.186 e. The van der Waals surface area contributed by atoms with Crippen molar-refractivity contribution in [2.24, 2.45) is 5.92 Å².